The van der Waals surface area contributed by atoms with E-state index in [9.17, 15) is 0 Å². The van der Waals surface area contributed by atoms with Crippen LogP contribution >= 0.6 is 0 Å². The molecule has 0 bridgehead atoms. The van der Waals surface area contributed by atoms with Gasteiger partial charge in [0.25, 0.3) is 0 Å². The zero-order chi connectivity index (χ0) is 33.3. The first-order valence-electron chi connectivity index (χ1n) is 17.0. The van der Waals surface area contributed by atoms with Gasteiger partial charge in [0.05, 0.1) is 5.69 Å². The van der Waals surface area contributed by atoms with Crippen LogP contribution in [0, 0.1) is 0 Å². The highest BCUT2D eigenvalue weighted by Crippen LogP contribution is 2.43. The molecule has 0 N–H and O–H groups in total. The predicted octanol–water partition coefficient (Wildman–Crippen LogP) is 13.7. The Bertz CT molecular complexity index is 2530. The molecule has 9 aromatic rings. The van der Waals surface area contributed by atoms with Gasteiger partial charge in [0, 0.05) is 22.3 Å². The summed E-state index contributed by atoms with van der Waals surface area (Å²) in [5, 5.41) is 3.62. The van der Waals surface area contributed by atoms with Gasteiger partial charge in [-0.25, -0.2) is 0 Å². The quantitative estimate of drug-likeness (QED) is 0.173. The Labute approximate surface area is 292 Å². The normalized spacial score (nSPS) is 11.2. The predicted molar refractivity (Wildman–Crippen MR) is 210 cm³/mol. The second-order valence-electron chi connectivity index (χ2n) is 12.6. The van der Waals surface area contributed by atoms with Gasteiger partial charge in [-0.15, -0.1) is 0 Å². The molecular weight excluding hydrogens is 607 g/mol. The summed E-state index contributed by atoms with van der Waals surface area (Å²) in [5.41, 5.74) is 12.3. The molecule has 50 heavy (non-hydrogen) atoms. The minimum absolute atomic E-state index is 0.843. The van der Waals surface area contributed by atoms with Crippen molar-refractivity contribution in [3.05, 3.63) is 200 Å². The highest BCUT2D eigenvalue weighted by Gasteiger charge is 2.19. The lowest BCUT2D eigenvalue weighted by Crippen LogP contribution is -2.11. The first-order chi connectivity index (χ1) is 24.8. The minimum atomic E-state index is 0.843. The maximum Gasteiger partial charge on any atom is 0.137 e. The van der Waals surface area contributed by atoms with Crippen molar-refractivity contribution in [3.63, 3.8) is 0 Å². The van der Waals surface area contributed by atoms with Gasteiger partial charge in [-0.2, -0.15) is 0 Å². The minimum Gasteiger partial charge on any atom is -0.456 e. The number of anilines is 3. The van der Waals surface area contributed by atoms with Gasteiger partial charge in [0.1, 0.15) is 11.3 Å². The summed E-state index contributed by atoms with van der Waals surface area (Å²) in [6.07, 6.45) is 0. The molecule has 0 aliphatic carbocycles. The molecule has 9 rings (SSSR count). The number of para-hydroxylation sites is 2. The maximum atomic E-state index is 6.41. The van der Waals surface area contributed by atoms with Crippen LogP contribution in [-0.2, 0) is 0 Å². The highest BCUT2D eigenvalue weighted by molar-refractivity contribution is 5.97. The molecule has 1 aromatic heterocycles. The molecule has 8 aromatic carbocycles. The van der Waals surface area contributed by atoms with Crippen molar-refractivity contribution in [1.29, 1.82) is 0 Å². The Morgan fingerprint density at radius 3 is 1.54 bits per heavy atom. The lowest BCUT2D eigenvalue weighted by molar-refractivity contribution is 0.631. The number of furan rings is 1. The molecular formula is C48H33NO. The van der Waals surface area contributed by atoms with E-state index >= 15 is 0 Å². The number of nitrogens with zero attached hydrogens (tertiary/aromatic N) is 1. The highest BCUT2D eigenvalue weighted by atomic mass is 16.3. The van der Waals surface area contributed by atoms with Crippen LogP contribution in [0.15, 0.2) is 205 Å². The lowest BCUT2D eigenvalue weighted by atomic mass is 9.96. The number of rotatable bonds is 7. The van der Waals surface area contributed by atoms with Crippen LogP contribution in [0.25, 0.3) is 66.4 Å². The number of hydrogen-bond acceptors (Lipinski definition) is 2. The van der Waals surface area contributed by atoms with E-state index in [1.807, 2.05) is 18.2 Å². The fourth-order valence-corrected chi connectivity index (χ4v) is 6.97. The second-order valence-corrected chi connectivity index (χ2v) is 12.6. The fourth-order valence-electron chi connectivity index (χ4n) is 6.97. The van der Waals surface area contributed by atoms with E-state index in [0.717, 1.165) is 39.4 Å². The number of benzene rings is 8. The average Bonchev–Trinajstić information content (AvgIpc) is 3.64. The van der Waals surface area contributed by atoms with Crippen LogP contribution in [0.5, 0.6) is 0 Å². The summed E-state index contributed by atoms with van der Waals surface area (Å²) in [4.78, 5) is 2.32. The van der Waals surface area contributed by atoms with Crippen molar-refractivity contribution in [2.24, 2.45) is 0 Å². The third-order valence-corrected chi connectivity index (χ3v) is 9.51. The summed E-state index contributed by atoms with van der Waals surface area (Å²) >= 11 is 0. The number of fused-ring (bicyclic) bond motifs is 2. The van der Waals surface area contributed by atoms with Crippen LogP contribution in [-0.4, -0.2) is 0 Å². The molecule has 0 atom stereocenters. The van der Waals surface area contributed by atoms with Crippen LogP contribution in [0.2, 0.25) is 0 Å². The molecule has 0 aliphatic rings. The average molecular weight is 640 g/mol. The zero-order valence-electron chi connectivity index (χ0n) is 27.4. The molecule has 0 aliphatic heterocycles. The number of hydrogen-bond donors (Lipinski definition) is 0. The molecule has 0 spiro atoms. The summed E-state index contributed by atoms with van der Waals surface area (Å²) in [7, 11) is 0. The second kappa shape index (κ2) is 12.8. The largest absolute Gasteiger partial charge is 0.456 e. The van der Waals surface area contributed by atoms with Crippen LogP contribution in [0.3, 0.4) is 0 Å². The van der Waals surface area contributed by atoms with Gasteiger partial charge in [-0.05, 0) is 92.7 Å². The molecule has 0 saturated carbocycles. The Morgan fingerprint density at radius 1 is 0.340 bits per heavy atom. The molecule has 0 saturated heterocycles. The third kappa shape index (κ3) is 5.53. The SMILES string of the molecule is c1ccc(-c2ccc(N(c3ccc(-c4ccc(-c5cccc6ccccc56)cc4)cc3)c3ccccc3-c3cc4ccccc4o3)cc2)cc1. The van der Waals surface area contributed by atoms with E-state index in [2.05, 4.69) is 187 Å². The van der Waals surface area contributed by atoms with Crippen molar-refractivity contribution < 1.29 is 4.42 Å². The molecule has 0 unspecified atom stereocenters. The van der Waals surface area contributed by atoms with E-state index in [0.29, 0.717) is 0 Å². The molecule has 236 valence electrons. The maximum absolute atomic E-state index is 6.41. The molecule has 0 fully saturated rings. The van der Waals surface area contributed by atoms with E-state index in [1.165, 1.54) is 44.2 Å². The Morgan fingerprint density at radius 2 is 0.840 bits per heavy atom. The van der Waals surface area contributed by atoms with Crippen molar-refractivity contribution in [2.45, 2.75) is 0 Å². The topological polar surface area (TPSA) is 16.4 Å². The van der Waals surface area contributed by atoms with Gasteiger partial charge < -0.3 is 9.32 Å². The van der Waals surface area contributed by atoms with Gasteiger partial charge in [0.15, 0.2) is 0 Å². The van der Waals surface area contributed by atoms with Gasteiger partial charge in [-0.3, -0.25) is 0 Å². The standard InChI is InChI=1S/C48H33NO/c1-2-11-34(12-3-1)36-25-29-41(30-26-36)49(46-19-8-7-17-45(46)48-33-40-14-5-9-20-47(40)50-48)42-31-27-37(28-32-42)35-21-23-39(24-22-35)44-18-10-15-38-13-4-6-16-43(38)44/h1-33H. The summed E-state index contributed by atoms with van der Waals surface area (Å²) in [6, 6.07) is 71.0. The third-order valence-electron chi connectivity index (χ3n) is 9.51. The summed E-state index contributed by atoms with van der Waals surface area (Å²) < 4.78 is 6.41. The Kier molecular flexibility index (Phi) is 7.53. The molecule has 2 heteroatoms. The van der Waals surface area contributed by atoms with Crippen LogP contribution < -0.4 is 4.90 Å². The zero-order valence-corrected chi connectivity index (χ0v) is 27.4. The smallest absolute Gasteiger partial charge is 0.137 e. The van der Waals surface area contributed by atoms with Gasteiger partial charge in [-0.1, -0.05) is 152 Å². The molecule has 0 amide bonds. The van der Waals surface area contributed by atoms with Crippen molar-refractivity contribution in [2.75, 3.05) is 4.90 Å². The first kappa shape index (κ1) is 29.5. The molecule has 2 nitrogen and oxygen atoms in total. The van der Waals surface area contributed by atoms with Crippen molar-refractivity contribution in [3.8, 4) is 44.7 Å². The van der Waals surface area contributed by atoms with Gasteiger partial charge in [0.2, 0.25) is 0 Å². The molecule has 1 heterocycles. The Balaban J connectivity index is 1.10. The van der Waals surface area contributed by atoms with Crippen LogP contribution in [0.4, 0.5) is 17.1 Å². The monoisotopic (exact) mass is 639 g/mol. The van der Waals surface area contributed by atoms with E-state index in [1.54, 1.807) is 0 Å². The summed E-state index contributed by atoms with van der Waals surface area (Å²) in [6.45, 7) is 0. The van der Waals surface area contributed by atoms with Gasteiger partial charge >= 0.3 is 0 Å². The van der Waals surface area contributed by atoms with E-state index in [-0.39, 0.29) is 0 Å². The fraction of sp³-hybridized carbons (Fsp3) is 0. The Hall–Kier alpha value is -6.64. The van der Waals surface area contributed by atoms with E-state index < -0.39 is 0 Å². The van der Waals surface area contributed by atoms with E-state index in [4.69, 9.17) is 4.42 Å². The summed E-state index contributed by atoms with van der Waals surface area (Å²) in [5.74, 6) is 0.843. The molecule has 0 radical (unpaired) electrons. The first-order valence-corrected chi connectivity index (χ1v) is 17.0. The lowest BCUT2D eigenvalue weighted by Gasteiger charge is -2.27. The van der Waals surface area contributed by atoms with Crippen molar-refractivity contribution in [1.82, 2.24) is 0 Å². The van der Waals surface area contributed by atoms with Crippen molar-refractivity contribution >= 4 is 38.8 Å². The van der Waals surface area contributed by atoms with Crippen LogP contribution in [0.1, 0.15) is 0 Å².